The molecule has 0 N–H and O–H groups in total. The maximum atomic E-state index is 2.53. The molecule has 0 saturated heterocycles. The monoisotopic (exact) mass is 370 g/mol. The number of hydrogen-bond acceptors (Lipinski definition) is 0. The Bertz CT molecular complexity index is 723. The summed E-state index contributed by atoms with van der Waals surface area (Å²) in [6, 6.07) is 33.6. The lowest BCUT2D eigenvalue weighted by atomic mass is 9.51. The fourth-order valence-electron chi connectivity index (χ4n) is 5.23. The Balaban J connectivity index is 2.39. The van der Waals surface area contributed by atoms with E-state index in [9.17, 15) is 0 Å². The van der Waals surface area contributed by atoms with Crippen molar-refractivity contribution in [3.8, 4) is 0 Å². The van der Waals surface area contributed by atoms with Gasteiger partial charge in [-0.15, -0.1) is 0 Å². The number of unbranched alkanes of at least 4 members (excludes halogenated alkanes) is 1. The van der Waals surface area contributed by atoms with E-state index in [0.29, 0.717) is 0 Å². The smallest absolute Gasteiger partial charge is 0.0504 e. The quantitative estimate of drug-likeness (QED) is 0.334. The van der Waals surface area contributed by atoms with Gasteiger partial charge < -0.3 is 0 Å². The van der Waals surface area contributed by atoms with Crippen LogP contribution < -0.4 is 0 Å². The maximum absolute atomic E-state index is 2.53. The van der Waals surface area contributed by atoms with Crippen molar-refractivity contribution in [1.82, 2.24) is 0 Å². The topological polar surface area (TPSA) is 0 Å². The summed E-state index contributed by atoms with van der Waals surface area (Å²) in [4.78, 5) is 0. The highest BCUT2D eigenvalue weighted by atomic mass is 14.5. The van der Waals surface area contributed by atoms with Gasteiger partial charge in [0.05, 0.1) is 5.41 Å². The van der Waals surface area contributed by atoms with Crippen LogP contribution in [0.3, 0.4) is 0 Å². The molecule has 0 amide bonds. The van der Waals surface area contributed by atoms with Gasteiger partial charge in [-0.1, -0.05) is 131 Å². The summed E-state index contributed by atoms with van der Waals surface area (Å²) >= 11 is 0. The zero-order valence-electron chi connectivity index (χ0n) is 17.7. The largest absolute Gasteiger partial charge is 0.0654 e. The van der Waals surface area contributed by atoms with Crippen LogP contribution in [0.15, 0.2) is 91.0 Å². The second-order valence-electron chi connectivity index (χ2n) is 8.26. The Morgan fingerprint density at radius 2 is 0.929 bits per heavy atom. The minimum absolute atomic E-state index is 0.127. The van der Waals surface area contributed by atoms with Crippen LogP contribution in [0.5, 0.6) is 0 Å². The van der Waals surface area contributed by atoms with E-state index < -0.39 is 0 Å². The van der Waals surface area contributed by atoms with Gasteiger partial charge >= 0.3 is 0 Å². The van der Waals surface area contributed by atoms with Crippen molar-refractivity contribution < 1.29 is 0 Å². The predicted octanol–water partition coefficient (Wildman–Crippen LogP) is 8.02. The molecule has 0 aliphatic heterocycles. The van der Waals surface area contributed by atoms with Gasteiger partial charge in [0.25, 0.3) is 0 Å². The molecule has 3 aromatic rings. The summed E-state index contributed by atoms with van der Waals surface area (Å²) in [5.74, 6) is 0. The molecule has 1 atom stereocenters. The second-order valence-corrected chi connectivity index (χ2v) is 8.26. The molecule has 0 radical (unpaired) electrons. The lowest BCUT2D eigenvalue weighted by Crippen LogP contribution is -2.46. The lowest BCUT2D eigenvalue weighted by molar-refractivity contribution is 0.167. The minimum Gasteiger partial charge on any atom is -0.0654 e. The van der Waals surface area contributed by atoms with Gasteiger partial charge in [-0.05, 0) is 34.9 Å². The van der Waals surface area contributed by atoms with Crippen molar-refractivity contribution in [2.45, 2.75) is 58.3 Å². The molecule has 3 aromatic carbocycles. The van der Waals surface area contributed by atoms with E-state index in [1.54, 1.807) is 0 Å². The van der Waals surface area contributed by atoms with Crippen molar-refractivity contribution in [1.29, 1.82) is 0 Å². The Morgan fingerprint density at radius 1 is 0.536 bits per heavy atom. The Morgan fingerprint density at radius 3 is 1.25 bits per heavy atom. The summed E-state index contributed by atoms with van der Waals surface area (Å²) in [6.45, 7) is 7.16. The Kier molecular flexibility index (Phi) is 6.73. The van der Waals surface area contributed by atoms with Gasteiger partial charge in [-0.3, -0.25) is 0 Å². The van der Waals surface area contributed by atoms with Crippen LogP contribution in [-0.4, -0.2) is 0 Å². The maximum Gasteiger partial charge on any atom is 0.0504 e. The van der Waals surface area contributed by atoms with Crippen LogP contribution in [0.25, 0.3) is 0 Å². The zero-order chi connectivity index (χ0) is 19.9. The van der Waals surface area contributed by atoms with E-state index in [0.717, 1.165) is 0 Å². The molecule has 0 aliphatic carbocycles. The summed E-state index contributed by atoms with van der Waals surface area (Å²) in [5, 5.41) is 0. The molecular formula is C28H34. The summed E-state index contributed by atoms with van der Waals surface area (Å²) in [5.41, 5.74) is 4.17. The summed E-state index contributed by atoms with van der Waals surface area (Å²) in [7, 11) is 0. The molecular weight excluding hydrogens is 336 g/mol. The molecule has 0 aliphatic rings. The van der Waals surface area contributed by atoms with Crippen LogP contribution >= 0.6 is 0 Å². The minimum atomic E-state index is -0.165. The van der Waals surface area contributed by atoms with Gasteiger partial charge in [0.2, 0.25) is 0 Å². The molecule has 0 heterocycles. The number of rotatable bonds is 9. The first-order valence-corrected chi connectivity index (χ1v) is 10.9. The van der Waals surface area contributed by atoms with E-state index in [4.69, 9.17) is 0 Å². The molecule has 0 spiro atoms. The summed E-state index contributed by atoms with van der Waals surface area (Å²) < 4.78 is 0. The molecule has 0 fully saturated rings. The van der Waals surface area contributed by atoms with Crippen LogP contribution in [0.1, 0.15) is 69.6 Å². The van der Waals surface area contributed by atoms with Gasteiger partial charge in [-0.25, -0.2) is 0 Å². The fourth-order valence-corrected chi connectivity index (χ4v) is 5.23. The van der Waals surface area contributed by atoms with Gasteiger partial charge in [0.1, 0.15) is 0 Å². The first-order valence-electron chi connectivity index (χ1n) is 10.9. The summed E-state index contributed by atoms with van der Waals surface area (Å²) in [6.07, 6.45) is 6.09. The van der Waals surface area contributed by atoms with Crippen molar-refractivity contribution in [2.24, 2.45) is 5.41 Å². The molecule has 0 heteroatoms. The van der Waals surface area contributed by atoms with E-state index in [2.05, 4.69) is 112 Å². The predicted molar refractivity (Wildman–Crippen MR) is 122 cm³/mol. The first kappa shape index (κ1) is 20.4. The first-order chi connectivity index (χ1) is 13.7. The Hall–Kier alpha value is -2.34. The highest BCUT2D eigenvalue weighted by Gasteiger charge is 2.50. The molecule has 0 aromatic heterocycles. The van der Waals surface area contributed by atoms with Crippen LogP contribution in [0.4, 0.5) is 0 Å². The fraction of sp³-hybridized carbons (Fsp3) is 0.357. The average molecular weight is 371 g/mol. The molecule has 3 rings (SSSR count). The number of benzene rings is 3. The van der Waals surface area contributed by atoms with Crippen LogP contribution in [0, 0.1) is 5.41 Å². The van der Waals surface area contributed by atoms with Crippen molar-refractivity contribution >= 4 is 0 Å². The van der Waals surface area contributed by atoms with E-state index in [1.807, 2.05) is 0 Å². The third-order valence-corrected chi connectivity index (χ3v) is 6.41. The van der Waals surface area contributed by atoms with E-state index in [-0.39, 0.29) is 10.8 Å². The van der Waals surface area contributed by atoms with Gasteiger partial charge in [0.15, 0.2) is 0 Å². The van der Waals surface area contributed by atoms with Gasteiger partial charge in [-0.2, -0.15) is 0 Å². The lowest BCUT2D eigenvalue weighted by Gasteiger charge is -2.51. The molecule has 1 unspecified atom stereocenters. The standard InChI is InChI=1S/C28H34/c1-4-6-23-27(3,22-5-2)28(24-16-10-7-11-17-24,25-18-12-8-13-19-25)26-20-14-9-15-21-26/h7-21H,4-6,22-23H2,1-3H3. The van der Waals surface area contributed by atoms with Crippen LogP contribution in [0.2, 0.25) is 0 Å². The molecule has 0 nitrogen and oxygen atoms in total. The van der Waals surface area contributed by atoms with Crippen molar-refractivity contribution in [3.63, 3.8) is 0 Å². The molecule has 0 bridgehead atoms. The third-order valence-electron chi connectivity index (χ3n) is 6.41. The average Bonchev–Trinajstić information content (AvgIpc) is 2.75. The van der Waals surface area contributed by atoms with Crippen molar-refractivity contribution in [3.05, 3.63) is 108 Å². The normalized spacial score (nSPS) is 13.8. The van der Waals surface area contributed by atoms with Crippen molar-refractivity contribution in [2.75, 3.05) is 0 Å². The molecule has 0 saturated carbocycles. The highest BCUT2D eigenvalue weighted by Crippen LogP contribution is 2.56. The molecule has 28 heavy (non-hydrogen) atoms. The SMILES string of the molecule is CCCCC(C)(CCC)C(c1ccccc1)(c1ccccc1)c1ccccc1. The Labute approximate surface area is 171 Å². The second kappa shape index (κ2) is 9.24. The third kappa shape index (κ3) is 3.65. The zero-order valence-corrected chi connectivity index (χ0v) is 17.7. The van der Waals surface area contributed by atoms with E-state index in [1.165, 1.54) is 48.8 Å². The van der Waals surface area contributed by atoms with Crippen LogP contribution in [-0.2, 0) is 5.41 Å². The van der Waals surface area contributed by atoms with E-state index >= 15 is 0 Å². The highest BCUT2D eigenvalue weighted by molar-refractivity contribution is 5.53. The van der Waals surface area contributed by atoms with Gasteiger partial charge in [0, 0.05) is 0 Å². The number of hydrogen-bond donors (Lipinski definition) is 0. The molecule has 146 valence electrons.